The predicted octanol–water partition coefficient (Wildman–Crippen LogP) is 3.61. The summed E-state index contributed by atoms with van der Waals surface area (Å²) in [6.07, 6.45) is 0.868. The molecule has 1 aliphatic heterocycles. The van der Waals surface area contributed by atoms with Crippen LogP contribution in [0.3, 0.4) is 0 Å². The SMILES string of the molecule is CCc1cc(-c2ccc(C3CNC(=O)N3)c(F)c2F)cs1. The number of amides is 2. The highest BCUT2D eigenvalue weighted by molar-refractivity contribution is 7.10. The average Bonchev–Trinajstić information content (AvgIpc) is 3.10. The van der Waals surface area contributed by atoms with E-state index in [1.807, 2.05) is 18.4 Å². The number of thiophene rings is 1. The van der Waals surface area contributed by atoms with E-state index in [2.05, 4.69) is 10.6 Å². The molecule has 110 valence electrons. The molecule has 1 aromatic heterocycles. The molecule has 0 bridgehead atoms. The number of halogens is 2. The molecule has 2 aromatic rings. The number of nitrogens with one attached hydrogen (secondary N) is 2. The number of hydrogen-bond donors (Lipinski definition) is 2. The van der Waals surface area contributed by atoms with Crippen molar-refractivity contribution in [3.63, 3.8) is 0 Å². The van der Waals surface area contributed by atoms with Crippen molar-refractivity contribution in [2.45, 2.75) is 19.4 Å². The predicted molar refractivity (Wildman–Crippen MR) is 78.3 cm³/mol. The third-order valence-electron chi connectivity index (χ3n) is 3.57. The van der Waals surface area contributed by atoms with Crippen LogP contribution in [0.1, 0.15) is 23.4 Å². The van der Waals surface area contributed by atoms with Crippen molar-refractivity contribution >= 4 is 17.4 Å². The molecule has 1 atom stereocenters. The van der Waals surface area contributed by atoms with Crippen LogP contribution < -0.4 is 10.6 Å². The molecule has 0 aliphatic carbocycles. The fraction of sp³-hybridized carbons (Fsp3) is 0.267. The Labute approximate surface area is 125 Å². The largest absolute Gasteiger partial charge is 0.336 e. The molecular weight excluding hydrogens is 294 g/mol. The summed E-state index contributed by atoms with van der Waals surface area (Å²) in [4.78, 5) is 12.2. The van der Waals surface area contributed by atoms with Gasteiger partial charge in [-0.05, 0) is 23.4 Å². The molecule has 21 heavy (non-hydrogen) atoms. The summed E-state index contributed by atoms with van der Waals surface area (Å²) < 4.78 is 28.6. The summed E-state index contributed by atoms with van der Waals surface area (Å²) >= 11 is 1.53. The zero-order valence-corrected chi connectivity index (χ0v) is 12.2. The molecule has 0 saturated carbocycles. The van der Waals surface area contributed by atoms with Crippen molar-refractivity contribution in [1.29, 1.82) is 0 Å². The van der Waals surface area contributed by atoms with Gasteiger partial charge in [0.2, 0.25) is 0 Å². The van der Waals surface area contributed by atoms with Gasteiger partial charge < -0.3 is 10.6 Å². The normalized spacial score (nSPS) is 17.7. The molecule has 2 amide bonds. The lowest BCUT2D eigenvalue weighted by molar-refractivity contribution is 0.247. The first-order valence-corrected chi connectivity index (χ1v) is 7.58. The summed E-state index contributed by atoms with van der Waals surface area (Å²) in [5.41, 5.74) is 1.11. The van der Waals surface area contributed by atoms with Crippen molar-refractivity contribution in [2.24, 2.45) is 0 Å². The van der Waals surface area contributed by atoms with Gasteiger partial charge in [-0.1, -0.05) is 19.1 Å². The Kier molecular flexibility index (Phi) is 3.63. The highest BCUT2D eigenvalue weighted by atomic mass is 32.1. The Morgan fingerprint density at radius 1 is 1.33 bits per heavy atom. The third kappa shape index (κ3) is 2.51. The third-order valence-corrected chi connectivity index (χ3v) is 4.65. The van der Waals surface area contributed by atoms with Crippen LogP contribution in [0.15, 0.2) is 23.6 Å². The summed E-state index contributed by atoms with van der Waals surface area (Å²) in [5, 5.41) is 6.92. The zero-order chi connectivity index (χ0) is 15.0. The van der Waals surface area contributed by atoms with E-state index in [1.54, 1.807) is 6.07 Å². The molecule has 1 aromatic carbocycles. The van der Waals surface area contributed by atoms with E-state index in [0.29, 0.717) is 5.56 Å². The van der Waals surface area contributed by atoms with Gasteiger partial charge in [-0.2, -0.15) is 0 Å². The van der Waals surface area contributed by atoms with Gasteiger partial charge in [-0.15, -0.1) is 11.3 Å². The van der Waals surface area contributed by atoms with Crippen LogP contribution in [0.25, 0.3) is 11.1 Å². The second-order valence-corrected chi connectivity index (χ2v) is 5.89. The standard InChI is InChI=1S/C15H14F2N2OS/c1-2-9-5-8(7-21-9)10-3-4-11(14(17)13(10)16)12-6-18-15(20)19-12/h3-5,7,12H,2,6H2,1H3,(H2,18,19,20). The van der Waals surface area contributed by atoms with Crippen LogP contribution in [0, 0.1) is 11.6 Å². The van der Waals surface area contributed by atoms with Crippen LogP contribution in [-0.4, -0.2) is 12.6 Å². The lowest BCUT2D eigenvalue weighted by Crippen LogP contribution is -2.22. The zero-order valence-electron chi connectivity index (χ0n) is 11.4. The van der Waals surface area contributed by atoms with Gasteiger partial charge in [-0.25, -0.2) is 13.6 Å². The lowest BCUT2D eigenvalue weighted by atomic mass is 10.0. The summed E-state index contributed by atoms with van der Waals surface area (Å²) in [6.45, 7) is 2.28. The van der Waals surface area contributed by atoms with E-state index in [9.17, 15) is 13.6 Å². The van der Waals surface area contributed by atoms with Crippen LogP contribution >= 0.6 is 11.3 Å². The minimum atomic E-state index is -0.897. The smallest absolute Gasteiger partial charge is 0.315 e. The Bertz CT molecular complexity index is 699. The number of aryl methyl sites for hydroxylation is 1. The fourth-order valence-electron chi connectivity index (χ4n) is 2.41. The molecule has 0 spiro atoms. The number of carbonyl (C=O) groups is 1. The second kappa shape index (κ2) is 5.44. The molecule has 3 rings (SSSR count). The van der Waals surface area contributed by atoms with E-state index in [-0.39, 0.29) is 23.7 Å². The van der Waals surface area contributed by atoms with Crippen LogP contribution in [0.5, 0.6) is 0 Å². The molecule has 6 heteroatoms. The Morgan fingerprint density at radius 2 is 2.14 bits per heavy atom. The number of rotatable bonds is 3. The first-order chi connectivity index (χ1) is 10.1. The molecule has 1 saturated heterocycles. The van der Waals surface area contributed by atoms with Crippen LogP contribution in [0.4, 0.5) is 13.6 Å². The van der Waals surface area contributed by atoms with Crippen LogP contribution in [0.2, 0.25) is 0 Å². The molecule has 2 N–H and O–H groups in total. The fourth-order valence-corrected chi connectivity index (χ4v) is 3.24. The van der Waals surface area contributed by atoms with Gasteiger partial charge in [0.15, 0.2) is 11.6 Å². The van der Waals surface area contributed by atoms with Gasteiger partial charge in [0.1, 0.15) is 0 Å². The Hall–Kier alpha value is -1.95. The minimum Gasteiger partial charge on any atom is -0.336 e. The Balaban J connectivity index is 1.98. The van der Waals surface area contributed by atoms with E-state index >= 15 is 0 Å². The maximum absolute atomic E-state index is 14.3. The van der Waals surface area contributed by atoms with Gasteiger partial charge in [0.25, 0.3) is 0 Å². The summed E-state index contributed by atoms with van der Waals surface area (Å²) in [5.74, 6) is -1.76. The van der Waals surface area contributed by atoms with Gasteiger partial charge in [0, 0.05) is 22.5 Å². The average molecular weight is 308 g/mol. The van der Waals surface area contributed by atoms with Crippen molar-refractivity contribution in [2.75, 3.05) is 6.54 Å². The summed E-state index contributed by atoms with van der Waals surface area (Å²) in [7, 11) is 0. The molecule has 1 aliphatic rings. The maximum atomic E-state index is 14.3. The number of benzene rings is 1. The number of urea groups is 1. The summed E-state index contributed by atoms with van der Waals surface area (Å²) in [6, 6.07) is 4.08. The number of hydrogen-bond acceptors (Lipinski definition) is 2. The van der Waals surface area contributed by atoms with Gasteiger partial charge in [-0.3, -0.25) is 0 Å². The first kappa shape index (κ1) is 14.0. The molecule has 3 nitrogen and oxygen atoms in total. The van der Waals surface area contributed by atoms with E-state index in [1.165, 1.54) is 17.4 Å². The highest BCUT2D eigenvalue weighted by Gasteiger charge is 2.26. The first-order valence-electron chi connectivity index (χ1n) is 6.70. The number of carbonyl (C=O) groups excluding carboxylic acids is 1. The quantitative estimate of drug-likeness (QED) is 0.893. The van der Waals surface area contributed by atoms with Crippen molar-refractivity contribution in [3.05, 3.63) is 45.7 Å². The molecule has 0 radical (unpaired) electrons. The van der Waals surface area contributed by atoms with Crippen LogP contribution in [-0.2, 0) is 6.42 Å². The molecule has 1 fully saturated rings. The monoisotopic (exact) mass is 308 g/mol. The van der Waals surface area contributed by atoms with E-state index in [4.69, 9.17) is 0 Å². The lowest BCUT2D eigenvalue weighted by Gasteiger charge is -2.12. The maximum Gasteiger partial charge on any atom is 0.315 e. The minimum absolute atomic E-state index is 0.167. The molecule has 1 unspecified atom stereocenters. The molecule has 2 heterocycles. The van der Waals surface area contributed by atoms with Gasteiger partial charge >= 0.3 is 6.03 Å². The van der Waals surface area contributed by atoms with Crippen molar-refractivity contribution < 1.29 is 13.6 Å². The Morgan fingerprint density at radius 3 is 2.76 bits per heavy atom. The highest BCUT2D eigenvalue weighted by Crippen LogP contribution is 2.32. The van der Waals surface area contributed by atoms with Gasteiger partial charge in [0.05, 0.1) is 6.04 Å². The second-order valence-electron chi connectivity index (χ2n) is 4.89. The topological polar surface area (TPSA) is 41.1 Å². The van der Waals surface area contributed by atoms with E-state index < -0.39 is 17.7 Å². The van der Waals surface area contributed by atoms with Crippen molar-refractivity contribution in [3.8, 4) is 11.1 Å². The molecular formula is C15H14F2N2OS. The van der Waals surface area contributed by atoms with Crippen molar-refractivity contribution in [1.82, 2.24) is 10.6 Å². The van der Waals surface area contributed by atoms with E-state index in [0.717, 1.165) is 11.3 Å².